The molecular formula is C14H25N3S. The molecule has 1 atom stereocenters. The van der Waals surface area contributed by atoms with E-state index < -0.39 is 0 Å². The molecule has 1 aromatic rings. The lowest BCUT2D eigenvalue weighted by atomic mass is 10.2. The Kier molecular flexibility index (Phi) is 4.62. The van der Waals surface area contributed by atoms with Gasteiger partial charge in [0.25, 0.3) is 0 Å². The maximum absolute atomic E-state index is 4.78. The molecule has 0 radical (unpaired) electrons. The fourth-order valence-corrected chi connectivity index (χ4v) is 3.37. The van der Waals surface area contributed by atoms with Gasteiger partial charge in [-0.2, -0.15) is 0 Å². The van der Waals surface area contributed by atoms with Crippen molar-refractivity contribution in [2.45, 2.75) is 46.1 Å². The van der Waals surface area contributed by atoms with Crippen molar-refractivity contribution in [2.75, 3.05) is 25.0 Å². The summed E-state index contributed by atoms with van der Waals surface area (Å²) in [6.45, 7) is 8.92. The van der Waals surface area contributed by atoms with Crippen LogP contribution in [0.1, 0.15) is 49.7 Å². The molecule has 1 aromatic heterocycles. The number of nitrogens with one attached hydrogen (secondary N) is 1. The molecule has 0 amide bonds. The zero-order chi connectivity index (χ0) is 13.1. The quantitative estimate of drug-likeness (QED) is 0.821. The summed E-state index contributed by atoms with van der Waals surface area (Å²) in [6.07, 6.45) is 4.01. The van der Waals surface area contributed by atoms with E-state index in [4.69, 9.17) is 4.98 Å². The normalized spacial score (nSPS) is 16.9. The van der Waals surface area contributed by atoms with Crippen molar-refractivity contribution in [2.24, 2.45) is 5.92 Å². The molecule has 1 unspecified atom stereocenters. The van der Waals surface area contributed by atoms with Crippen LogP contribution >= 0.6 is 11.3 Å². The second-order valence-electron chi connectivity index (χ2n) is 5.35. The summed E-state index contributed by atoms with van der Waals surface area (Å²) < 4.78 is 0. The lowest BCUT2D eigenvalue weighted by molar-refractivity contribution is 0.658. The lowest BCUT2D eigenvalue weighted by Crippen LogP contribution is -2.26. The Morgan fingerprint density at radius 1 is 1.50 bits per heavy atom. The van der Waals surface area contributed by atoms with E-state index in [1.165, 1.54) is 41.5 Å². The van der Waals surface area contributed by atoms with E-state index >= 15 is 0 Å². The van der Waals surface area contributed by atoms with Gasteiger partial charge in [0.2, 0.25) is 0 Å². The minimum absolute atomic E-state index is 0.403. The van der Waals surface area contributed by atoms with Gasteiger partial charge in [-0.15, -0.1) is 11.3 Å². The van der Waals surface area contributed by atoms with Crippen LogP contribution in [-0.4, -0.2) is 25.1 Å². The minimum Gasteiger partial charge on any atom is -0.348 e. The second kappa shape index (κ2) is 6.02. The summed E-state index contributed by atoms with van der Waals surface area (Å²) in [5.41, 5.74) is 1.19. The van der Waals surface area contributed by atoms with E-state index in [0.29, 0.717) is 6.04 Å². The highest BCUT2D eigenvalue weighted by atomic mass is 32.1. The van der Waals surface area contributed by atoms with Gasteiger partial charge in [0.05, 0.1) is 5.69 Å². The van der Waals surface area contributed by atoms with Gasteiger partial charge in [0, 0.05) is 24.0 Å². The number of hydrogen-bond acceptors (Lipinski definition) is 4. The molecule has 0 aromatic carbocycles. The first kappa shape index (κ1) is 13.8. The first-order chi connectivity index (χ1) is 8.65. The van der Waals surface area contributed by atoms with Crippen LogP contribution < -0.4 is 10.2 Å². The van der Waals surface area contributed by atoms with Crippen molar-refractivity contribution in [1.29, 1.82) is 0 Å². The third-order valence-corrected chi connectivity index (χ3v) is 4.99. The van der Waals surface area contributed by atoms with Gasteiger partial charge in [-0.3, -0.25) is 0 Å². The van der Waals surface area contributed by atoms with Crippen LogP contribution in [0.3, 0.4) is 0 Å². The van der Waals surface area contributed by atoms with Crippen LogP contribution in [0.2, 0.25) is 0 Å². The molecule has 1 aliphatic rings. The molecule has 1 heterocycles. The van der Waals surface area contributed by atoms with Crippen LogP contribution in [0.25, 0.3) is 0 Å². The highest BCUT2D eigenvalue weighted by Gasteiger charge is 2.26. The Bertz CT molecular complexity index is 384. The number of aryl methyl sites for hydroxylation is 1. The van der Waals surface area contributed by atoms with Crippen molar-refractivity contribution in [3.8, 4) is 0 Å². The number of rotatable bonds is 7. The molecule has 102 valence electrons. The van der Waals surface area contributed by atoms with Crippen LogP contribution in [0.5, 0.6) is 0 Å². The van der Waals surface area contributed by atoms with Gasteiger partial charge >= 0.3 is 0 Å². The first-order valence-electron chi connectivity index (χ1n) is 7.05. The topological polar surface area (TPSA) is 28.2 Å². The molecule has 3 nitrogen and oxygen atoms in total. The molecule has 1 fully saturated rings. The molecule has 0 aliphatic heterocycles. The monoisotopic (exact) mass is 267 g/mol. The lowest BCUT2D eigenvalue weighted by Gasteiger charge is -2.20. The Morgan fingerprint density at radius 3 is 2.78 bits per heavy atom. The Labute approximate surface area is 115 Å². The summed E-state index contributed by atoms with van der Waals surface area (Å²) in [4.78, 5) is 8.65. The third kappa shape index (κ3) is 3.23. The second-order valence-corrected chi connectivity index (χ2v) is 6.35. The average molecular weight is 267 g/mol. The van der Waals surface area contributed by atoms with Crippen molar-refractivity contribution < 1.29 is 0 Å². The molecular weight excluding hydrogens is 242 g/mol. The fourth-order valence-electron chi connectivity index (χ4n) is 2.21. The van der Waals surface area contributed by atoms with Gasteiger partial charge in [-0.05, 0) is 46.1 Å². The maximum atomic E-state index is 4.78. The summed E-state index contributed by atoms with van der Waals surface area (Å²) in [7, 11) is 2.01. The van der Waals surface area contributed by atoms with Crippen molar-refractivity contribution in [1.82, 2.24) is 10.3 Å². The summed E-state index contributed by atoms with van der Waals surface area (Å²) in [5.74, 6) is 0.922. The van der Waals surface area contributed by atoms with Gasteiger partial charge in [-0.1, -0.05) is 6.92 Å². The van der Waals surface area contributed by atoms with Crippen LogP contribution in [0, 0.1) is 12.8 Å². The summed E-state index contributed by atoms with van der Waals surface area (Å²) in [6, 6.07) is 0.403. The maximum Gasteiger partial charge on any atom is 0.185 e. The third-order valence-electron chi connectivity index (χ3n) is 3.59. The number of anilines is 1. The number of thiazole rings is 1. The van der Waals surface area contributed by atoms with E-state index in [1.807, 2.05) is 18.4 Å². The van der Waals surface area contributed by atoms with Crippen molar-refractivity contribution in [3.05, 3.63) is 10.6 Å². The number of hydrogen-bond donors (Lipinski definition) is 1. The fraction of sp³-hybridized carbons (Fsp3) is 0.786. The van der Waals surface area contributed by atoms with Gasteiger partial charge in [-0.25, -0.2) is 4.98 Å². The van der Waals surface area contributed by atoms with Crippen molar-refractivity contribution >= 4 is 16.5 Å². The minimum atomic E-state index is 0.403. The van der Waals surface area contributed by atoms with Crippen LogP contribution in [-0.2, 0) is 0 Å². The predicted molar refractivity (Wildman–Crippen MR) is 79.6 cm³/mol. The molecule has 0 spiro atoms. The SMILES string of the molecule is CCCN(CC1CC1)c1nc(C)c(C(C)NC)s1. The molecule has 1 saturated carbocycles. The number of nitrogens with zero attached hydrogens (tertiary/aromatic N) is 2. The Hall–Kier alpha value is -0.610. The smallest absolute Gasteiger partial charge is 0.185 e. The van der Waals surface area contributed by atoms with Gasteiger partial charge in [0.1, 0.15) is 0 Å². The highest BCUT2D eigenvalue weighted by Crippen LogP contribution is 2.35. The van der Waals surface area contributed by atoms with Crippen LogP contribution in [0.4, 0.5) is 5.13 Å². The molecule has 4 heteroatoms. The van der Waals surface area contributed by atoms with Crippen molar-refractivity contribution in [3.63, 3.8) is 0 Å². The molecule has 1 aliphatic carbocycles. The first-order valence-corrected chi connectivity index (χ1v) is 7.86. The molecule has 0 saturated heterocycles. The van der Waals surface area contributed by atoms with E-state index in [9.17, 15) is 0 Å². The van der Waals surface area contributed by atoms with E-state index in [2.05, 4.69) is 31.0 Å². The van der Waals surface area contributed by atoms with E-state index in [0.717, 1.165) is 12.5 Å². The highest BCUT2D eigenvalue weighted by molar-refractivity contribution is 7.15. The van der Waals surface area contributed by atoms with Crippen LogP contribution in [0.15, 0.2) is 0 Å². The molecule has 1 N–H and O–H groups in total. The van der Waals surface area contributed by atoms with E-state index in [1.54, 1.807) is 0 Å². The molecule has 18 heavy (non-hydrogen) atoms. The van der Waals surface area contributed by atoms with Gasteiger partial charge < -0.3 is 10.2 Å². The largest absolute Gasteiger partial charge is 0.348 e. The summed E-state index contributed by atoms with van der Waals surface area (Å²) in [5, 5.41) is 4.53. The Balaban J connectivity index is 2.13. The molecule has 0 bridgehead atoms. The average Bonchev–Trinajstić information content (AvgIpc) is 3.09. The predicted octanol–water partition coefficient (Wildman–Crippen LogP) is 3.36. The summed E-state index contributed by atoms with van der Waals surface area (Å²) >= 11 is 1.86. The standard InChI is InChI=1S/C14H25N3S/c1-5-8-17(9-12-6-7-12)14-16-11(3)13(18-14)10(2)15-4/h10,12,15H,5-9H2,1-4H3. The van der Waals surface area contributed by atoms with E-state index in [-0.39, 0.29) is 0 Å². The zero-order valence-corrected chi connectivity index (χ0v) is 12.8. The zero-order valence-electron chi connectivity index (χ0n) is 12.0. The number of aromatic nitrogens is 1. The van der Waals surface area contributed by atoms with Gasteiger partial charge in [0.15, 0.2) is 5.13 Å². The molecule has 2 rings (SSSR count). The Morgan fingerprint density at radius 2 is 2.22 bits per heavy atom.